The van der Waals surface area contributed by atoms with Gasteiger partial charge in [-0.25, -0.2) is 9.78 Å². The standard InChI is InChI=1S/C14H14ClF3N2O4S/c1-13(2,3)24-12(22)20-25-8-5-23-9-6(8)4-7(19-11(9)15)10(21)14(16,17)18/h4,8H,5H2,1-3H3,(H,20,22). The molecule has 11 heteroatoms. The van der Waals surface area contributed by atoms with Gasteiger partial charge >= 0.3 is 12.3 Å². The molecule has 1 aromatic heterocycles. The monoisotopic (exact) mass is 398 g/mol. The lowest BCUT2D eigenvalue weighted by Crippen LogP contribution is -2.29. The van der Waals surface area contributed by atoms with Crippen molar-refractivity contribution in [3.8, 4) is 5.75 Å². The molecule has 2 rings (SSSR count). The van der Waals surface area contributed by atoms with Crippen LogP contribution in [0.5, 0.6) is 5.75 Å². The van der Waals surface area contributed by atoms with Crippen LogP contribution in [-0.4, -0.2) is 35.2 Å². The molecule has 0 bridgehead atoms. The first-order valence-corrected chi connectivity index (χ1v) is 8.23. The quantitative estimate of drug-likeness (QED) is 0.469. The lowest BCUT2D eigenvalue weighted by molar-refractivity contribution is -0.0888. The van der Waals surface area contributed by atoms with E-state index in [1.165, 1.54) is 0 Å². The van der Waals surface area contributed by atoms with E-state index in [1.807, 2.05) is 0 Å². The van der Waals surface area contributed by atoms with Crippen molar-refractivity contribution < 1.29 is 32.2 Å². The normalized spacial score (nSPS) is 16.8. The van der Waals surface area contributed by atoms with Crippen molar-refractivity contribution >= 4 is 35.4 Å². The van der Waals surface area contributed by atoms with Crippen LogP contribution in [-0.2, 0) is 4.74 Å². The van der Waals surface area contributed by atoms with Crippen LogP contribution >= 0.6 is 23.5 Å². The Morgan fingerprint density at radius 2 is 2.04 bits per heavy atom. The summed E-state index contributed by atoms with van der Waals surface area (Å²) in [5.41, 5.74) is -1.29. The van der Waals surface area contributed by atoms with E-state index in [1.54, 1.807) is 20.8 Å². The van der Waals surface area contributed by atoms with Crippen molar-refractivity contribution in [3.05, 3.63) is 22.5 Å². The number of pyridine rings is 1. The number of rotatable bonds is 3. The zero-order chi connectivity index (χ0) is 19.0. The van der Waals surface area contributed by atoms with E-state index in [2.05, 4.69) is 9.71 Å². The topological polar surface area (TPSA) is 77.5 Å². The van der Waals surface area contributed by atoms with E-state index in [0.29, 0.717) is 0 Å². The molecule has 1 aromatic rings. The molecule has 25 heavy (non-hydrogen) atoms. The molecule has 138 valence electrons. The number of nitrogens with one attached hydrogen (secondary N) is 1. The second-order valence-corrected chi connectivity index (χ2v) is 7.43. The molecule has 1 N–H and O–H groups in total. The zero-order valence-corrected chi connectivity index (χ0v) is 14.9. The van der Waals surface area contributed by atoms with Gasteiger partial charge in [-0.05, 0) is 38.8 Å². The number of alkyl halides is 3. The number of hydrogen-bond donors (Lipinski definition) is 1. The number of amides is 1. The number of fused-ring (bicyclic) bond motifs is 1. The van der Waals surface area contributed by atoms with E-state index in [4.69, 9.17) is 21.1 Å². The lowest BCUT2D eigenvalue weighted by Gasteiger charge is -2.20. The van der Waals surface area contributed by atoms with E-state index in [-0.39, 0.29) is 23.1 Å². The Morgan fingerprint density at radius 1 is 1.40 bits per heavy atom. The number of ketones is 1. The van der Waals surface area contributed by atoms with Gasteiger partial charge in [-0.2, -0.15) is 13.2 Å². The molecule has 1 atom stereocenters. The summed E-state index contributed by atoms with van der Waals surface area (Å²) >= 11 is 6.69. The molecule has 0 spiro atoms. The first kappa shape index (κ1) is 19.6. The Bertz CT molecular complexity index is 707. The molecule has 0 saturated heterocycles. The van der Waals surface area contributed by atoms with Gasteiger partial charge in [0.05, 0.1) is 5.25 Å². The summed E-state index contributed by atoms with van der Waals surface area (Å²) in [6, 6.07) is 0.971. The van der Waals surface area contributed by atoms with Gasteiger partial charge in [0.1, 0.15) is 17.9 Å². The van der Waals surface area contributed by atoms with Crippen molar-refractivity contribution in [1.29, 1.82) is 0 Å². The fraction of sp³-hybridized carbons (Fsp3) is 0.500. The Hall–Kier alpha value is -1.68. The van der Waals surface area contributed by atoms with Crippen molar-refractivity contribution in [2.45, 2.75) is 37.8 Å². The van der Waals surface area contributed by atoms with Gasteiger partial charge < -0.3 is 9.47 Å². The maximum atomic E-state index is 12.6. The fourth-order valence-corrected chi connectivity index (χ4v) is 2.90. The number of ether oxygens (including phenoxy) is 2. The van der Waals surface area contributed by atoms with E-state index >= 15 is 0 Å². The predicted molar refractivity (Wildman–Crippen MR) is 84.8 cm³/mol. The highest BCUT2D eigenvalue weighted by atomic mass is 35.5. The SMILES string of the molecule is CC(C)(C)OC(=O)NSC1COc2c1cc(C(=O)C(F)(F)F)nc2Cl. The summed E-state index contributed by atoms with van der Waals surface area (Å²) in [5, 5.41) is -0.909. The van der Waals surface area contributed by atoms with Gasteiger partial charge in [-0.15, -0.1) is 0 Å². The highest BCUT2D eigenvalue weighted by Gasteiger charge is 2.42. The maximum absolute atomic E-state index is 12.6. The first-order valence-electron chi connectivity index (χ1n) is 6.98. The summed E-state index contributed by atoms with van der Waals surface area (Å²) in [6.07, 6.45) is -5.78. The van der Waals surface area contributed by atoms with Crippen molar-refractivity contribution in [1.82, 2.24) is 9.71 Å². The van der Waals surface area contributed by atoms with Gasteiger partial charge in [-0.3, -0.25) is 9.52 Å². The Kier molecular flexibility index (Phi) is 5.43. The second kappa shape index (κ2) is 6.91. The third kappa shape index (κ3) is 4.91. The summed E-state index contributed by atoms with van der Waals surface area (Å²) < 4.78 is 50.5. The first-order chi connectivity index (χ1) is 11.4. The van der Waals surface area contributed by atoms with Gasteiger partial charge in [0.15, 0.2) is 10.9 Å². The molecular weight excluding hydrogens is 385 g/mol. The summed E-state index contributed by atoms with van der Waals surface area (Å²) in [7, 11) is 0. The summed E-state index contributed by atoms with van der Waals surface area (Å²) in [5.74, 6) is -2.02. The predicted octanol–water partition coefficient (Wildman–Crippen LogP) is 4.09. The molecule has 6 nitrogen and oxygen atoms in total. The Labute approximate surface area is 150 Å². The molecule has 0 saturated carbocycles. The van der Waals surface area contributed by atoms with Crippen molar-refractivity contribution in [2.24, 2.45) is 0 Å². The van der Waals surface area contributed by atoms with Crippen LogP contribution in [0.3, 0.4) is 0 Å². The number of carbonyl (C=O) groups is 2. The van der Waals surface area contributed by atoms with Crippen molar-refractivity contribution in [2.75, 3.05) is 6.61 Å². The minimum Gasteiger partial charge on any atom is -0.488 e. The maximum Gasteiger partial charge on any atom is 0.456 e. The van der Waals surface area contributed by atoms with Crippen LogP contribution in [0.4, 0.5) is 18.0 Å². The third-order valence-corrected chi connectivity index (χ3v) is 4.08. The number of halogens is 4. The molecule has 1 unspecified atom stereocenters. The minimum atomic E-state index is -5.07. The van der Waals surface area contributed by atoms with Gasteiger partial charge in [-0.1, -0.05) is 11.6 Å². The Balaban J connectivity index is 2.17. The van der Waals surface area contributed by atoms with Crippen LogP contribution in [0.2, 0.25) is 5.15 Å². The summed E-state index contributed by atoms with van der Waals surface area (Å²) in [6.45, 7) is 5.10. The van der Waals surface area contributed by atoms with Gasteiger partial charge in [0, 0.05) is 5.56 Å². The molecule has 0 radical (unpaired) electrons. The van der Waals surface area contributed by atoms with Gasteiger partial charge in [0.25, 0.3) is 5.78 Å². The van der Waals surface area contributed by atoms with Crippen LogP contribution < -0.4 is 9.46 Å². The third-order valence-electron chi connectivity index (χ3n) is 2.86. The highest BCUT2D eigenvalue weighted by Crippen LogP contribution is 2.43. The number of hydrogen-bond acceptors (Lipinski definition) is 6. The number of Topliss-reactive ketones (excluding diaryl/α,β-unsaturated/α-hetero) is 1. The van der Waals surface area contributed by atoms with Crippen molar-refractivity contribution in [3.63, 3.8) is 0 Å². The number of aromatic nitrogens is 1. The van der Waals surface area contributed by atoms with Crippen LogP contribution in [0.25, 0.3) is 0 Å². The molecule has 0 aliphatic carbocycles. The molecule has 2 heterocycles. The summed E-state index contributed by atoms with van der Waals surface area (Å²) in [4.78, 5) is 26.5. The lowest BCUT2D eigenvalue weighted by atomic mass is 10.1. The molecule has 1 aliphatic rings. The average molecular weight is 399 g/mol. The molecule has 1 aliphatic heterocycles. The largest absolute Gasteiger partial charge is 0.488 e. The minimum absolute atomic E-state index is 0.0425. The van der Waals surface area contributed by atoms with E-state index in [9.17, 15) is 22.8 Å². The second-order valence-electron chi connectivity index (χ2n) is 6.06. The smallest absolute Gasteiger partial charge is 0.456 e. The van der Waals surface area contributed by atoms with Crippen LogP contribution in [0.15, 0.2) is 6.07 Å². The average Bonchev–Trinajstić information content (AvgIpc) is 2.85. The van der Waals surface area contributed by atoms with E-state index in [0.717, 1.165) is 18.0 Å². The molecule has 0 fully saturated rings. The molecule has 1 amide bonds. The molecule has 0 aromatic carbocycles. The van der Waals surface area contributed by atoms with E-state index < -0.39 is 34.6 Å². The van der Waals surface area contributed by atoms with Crippen LogP contribution in [0, 0.1) is 0 Å². The van der Waals surface area contributed by atoms with Crippen LogP contribution in [0.1, 0.15) is 42.1 Å². The Morgan fingerprint density at radius 3 is 2.60 bits per heavy atom. The molecular formula is C14H14ClF3N2O4S. The zero-order valence-electron chi connectivity index (χ0n) is 13.4. The van der Waals surface area contributed by atoms with Gasteiger partial charge in [0.2, 0.25) is 0 Å². The number of carbonyl (C=O) groups excluding carboxylic acids is 2. The highest BCUT2D eigenvalue weighted by molar-refractivity contribution is 7.98. The number of nitrogens with zero attached hydrogens (tertiary/aromatic N) is 1. The fourth-order valence-electron chi connectivity index (χ4n) is 1.93.